The van der Waals surface area contributed by atoms with Gasteiger partial charge in [0.25, 0.3) is 5.91 Å². The zero-order chi connectivity index (χ0) is 18.1. The van der Waals surface area contributed by atoms with E-state index in [2.05, 4.69) is 19.9 Å². The monoisotopic (exact) mass is 352 g/mol. The maximum atomic E-state index is 12.5. The third-order valence-electron chi connectivity index (χ3n) is 4.57. The van der Waals surface area contributed by atoms with Gasteiger partial charge in [-0.05, 0) is 31.0 Å². The number of carbonyl (C=O) groups excluding carboxylic acids is 1. The predicted octanol–water partition coefficient (Wildman–Crippen LogP) is 2.71. The van der Waals surface area contributed by atoms with Gasteiger partial charge in [-0.15, -0.1) is 0 Å². The van der Waals surface area contributed by atoms with Gasteiger partial charge in [0.15, 0.2) is 5.65 Å². The summed E-state index contributed by atoms with van der Waals surface area (Å²) in [6, 6.07) is 7.79. The fourth-order valence-electron chi connectivity index (χ4n) is 3.04. The average Bonchev–Trinajstić information content (AvgIpc) is 3.44. The van der Waals surface area contributed by atoms with Gasteiger partial charge in [0.05, 0.1) is 38.2 Å². The first-order valence-corrected chi connectivity index (χ1v) is 8.52. The topological polar surface area (TPSA) is 78.3 Å². The largest absolute Gasteiger partial charge is 0.496 e. The van der Waals surface area contributed by atoms with Gasteiger partial charge >= 0.3 is 0 Å². The number of ether oxygens (including phenoxy) is 2. The number of nitrogens with one attached hydrogen (secondary N) is 1. The lowest BCUT2D eigenvalue weighted by Crippen LogP contribution is -2.23. The number of fused-ring (bicyclic) bond motifs is 1. The summed E-state index contributed by atoms with van der Waals surface area (Å²) in [5.74, 6) is 1.12. The van der Waals surface area contributed by atoms with Crippen molar-refractivity contribution in [1.29, 1.82) is 0 Å². The molecular weight excluding hydrogens is 332 g/mol. The highest BCUT2D eigenvalue weighted by atomic mass is 16.5. The Balaban J connectivity index is 1.53. The van der Waals surface area contributed by atoms with Crippen LogP contribution in [-0.4, -0.2) is 34.7 Å². The van der Waals surface area contributed by atoms with Crippen molar-refractivity contribution in [2.75, 3.05) is 14.2 Å². The summed E-state index contributed by atoms with van der Waals surface area (Å²) in [6.45, 7) is 0.292. The molecule has 4 rings (SSSR count). The summed E-state index contributed by atoms with van der Waals surface area (Å²) in [6.07, 6.45) is 5.72. The van der Waals surface area contributed by atoms with Crippen molar-refractivity contribution in [2.24, 2.45) is 0 Å². The highest BCUT2D eigenvalue weighted by Crippen LogP contribution is 2.36. The first-order valence-electron chi connectivity index (χ1n) is 8.52. The van der Waals surface area contributed by atoms with Crippen molar-refractivity contribution in [1.82, 2.24) is 19.9 Å². The molecule has 7 heteroatoms. The standard InChI is InChI=1S/C19H20N4O3/c1-25-16-4-3-5-17(26-2)14(16)10-21-19(24)12-8-15-18(20-9-12)23(11-22-15)13-6-7-13/h3-5,8-9,11,13H,6-7,10H2,1-2H3,(H,21,24). The molecule has 0 atom stereocenters. The minimum absolute atomic E-state index is 0.215. The number of imidazole rings is 1. The van der Waals surface area contributed by atoms with Crippen LogP contribution in [-0.2, 0) is 6.54 Å². The number of nitrogens with zero attached hydrogens (tertiary/aromatic N) is 3. The fourth-order valence-corrected chi connectivity index (χ4v) is 3.04. The number of carbonyl (C=O) groups is 1. The van der Waals surface area contributed by atoms with Crippen LogP contribution in [0.15, 0.2) is 36.8 Å². The molecule has 1 aliphatic rings. The van der Waals surface area contributed by atoms with Crippen molar-refractivity contribution in [3.63, 3.8) is 0 Å². The van der Waals surface area contributed by atoms with Crippen molar-refractivity contribution in [3.8, 4) is 11.5 Å². The number of rotatable bonds is 6. The third-order valence-corrected chi connectivity index (χ3v) is 4.57. The lowest BCUT2D eigenvalue weighted by Gasteiger charge is -2.13. The molecule has 1 saturated carbocycles. The van der Waals surface area contributed by atoms with Crippen LogP contribution in [0.25, 0.3) is 11.2 Å². The van der Waals surface area contributed by atoms with Crippen molar-refractivity contribution in [2.45, 2.75) is 25.4 Å². The molecule has 1 N–H and O–H groups in total. The molecule has 0 spiro atoms. The molecule has 1 aromatic carbocycles. The van der Waals surface area contributed by atoms with Crippen LogP contribution in [0.5, 0.6) is 11.5 Å². The molecule has 1 aliphatic carbocycles. The first-order chi connectivity index (χ1) is 12.7. The summed E-state index contributed by atoms with van der Waals surface area (Å²) < 4.78 is 12.8. The van der Waals surface area contributed by atoms with E-state index in [1.54, 1.807) is 32.8 Å². The number of benzene rings is 1. The Morgan fingerprint density at radius 1 is 1.23 bits per heavy atom. The highest BCUT2D eigenvalue weighted by molar-refractivity contribution is 5.96. The number of hydrogen-bond donors (Lipinski definition) is 1. The molecule has 2 aromatic heterocycles. The van der Waals surface area contributed by atoms with Gasteiger partial charge in [-0.25, -0.2) is 9.97 Å². The van der Waals surface area contributed by atoms with Crippen LogP contribution in [0.1, 0.15) is 34.8 Å². The Morgan fingerprint density at radius 2 is 1.96 bits per heavy atom. The number of pyridine rings is 1. The van der Waals surface area contributed by atoms with Crippen molar-refractivity contribution in [3.05, 3.63) is 47.9 Å². The third kappa shape index (κ3) is 2.96. The Hall–Kier alpha value is -3.09. The molecule has 134 valence electrons. The van der Waals surface area contributed by atoms with Gasteiger partial charge in [-0.2, -0.15) is 0 Å². The zero-order valence-electron chi connectivity index (χ0n) is 14.7. The smallest absolute Gasteiger partial charge is 0.253 e. The molecule has 0 radical (unpaired) electrons. The van der Waals surface area contributed by atoms with Crippen LogP contribution in [0, 0.1) is 0 Å². The highest BCUT2D eigenvalue weighted by Gasteiger charge is 2.25. The maximum Gasteiger partial charge on any atom is 0.253 e. The normalized spacial score (nSPS) is 13.6. The first kappa shape index (κ1) is 16.4. The molecule has 1 fully saturated rings. The number of aromatic nitrogens is 3. The number of amides is 1. The van der Waals surface area contributed by atoms with Crippen LogP contribution in [0.4, 0.5) is 0 Å². The second kappa shape index (κ2) is 6.67. The molecule has 0 bridgehead atoms. The van der Waals surface area contributed by atoms with E-state index in [9.17, 15) is 4.79 Å². The van der Waals surface area contributed by atoms with Gasteiger partial charge in [0.2, 0.25) is 0 Å². The van der Waals surface area contributed by atoms with E-state index >= 15 is 0 Å². The van der Waals surface area contributed by atoms with Crippen LogP contribution in [0.2, 0.25) is 0 Å². The maximum absolute atomic E-state index is 12.5. The average molecular weight is 352 g/mol. The second-order valence-electron chi connectivity index (χ2n) is 6.27. The van der Waals surface area contributed by atoms with Crippen LogP contribution in [0.3, 0.4) is 0 Å². The fraction of sp³-hybridized carbons (Fsp3) is 0.316. The van der Waals surface area contributed by atoms with Gasteiger partial charge in [0, 0.05) is 12.2 Å². The molecule has 0 saturated heterocycles. The Kier molecular flexibility index (Phi) is 4.20. The van der Waals surface area contributed by atoms with Gasteiger partial charge in [-0.3, -0.25) is 4.79 Å². The Bertz CT molecular complexity index is 940. The second-order valence-corrected chi connectivity index (χ2v) is 6.27. The molecule has 2 heterocycles. The molecule has 3 aromatic rings. The van der Waals surface area contributed by atoms with E-state index < -0.39 is 0 Å². The predicted molar refractivity (Wildman–Crippen MR) is 96.5 cm³/mol. The Labute approximate surface area is 151 Å². The lowest BCUT2D eigenvalue weighted by atomic mass is 10.1. The van der Waals surface area contributed by atoms with E-state index in [1.165, 1.54) is 0 Å². The number of hydrogen-bond acceptors (Lipinski definition) is 5. The van der Waals surface area contributed by atoms with Crippen molar-refractivity contribution >= 4 is 17.1 Å². The van der Waals surface area contributed by atoms with Gasteiger partial charge in [0.1, 0.15) is 17.0 Å². The summed E-state index contributed by atoms with van der Waals surface area (Å²) in [7, 11) is 3.18. The summed E-state index contributed by atoms with van der Waals surface area (Å²) in [5.41, 5.74) is 2.83. The van der Waals surface area contributed by atoms with Crippen molar-refractivity contribution < 1.29 is 14.3 Å². The lowest BCUT2D eigenvalue weighted by molar-refractivity contribution is 0.0950. The van der Waals surface area contributed by atoms with E-state index in [4.69, 9.17) is 9.47 Å². The van der Waals surface area contributed by atoms with E-state index in [-0.39, 0.29) is 5.91 Å². The molecule has 7 nitrogen and oxygen atoms in total. The zero-order valence-corrected chi connectivity index (χ0v) is 14.7. The molecule has 1 amide bonds. The van der Waals surface area contributed by atoms with E-state index in [1.807, 2.05) is 18.2 Å². The van der Waals surface area contributed by atoms with E-state index in [0.29, 0.717) is 29.6 Å². The molecule has 0 unspecified atom stereocenters. The van der Waals surface area contributed by atoms with Crippen LogP contribution < -0.4 is 14.8 Å². The minimum atomic E-state index is -0.215. The SMILES string of the molecule is COc1cccc(OC)c1CNC(=O)c1cnc2c(c1)ncn2C1CC1. The summed E-state index contributed by atoms with van der Waals surface area (Å²) >= 11 is 0. The van der Waals surface area contributed by atoms with E-state index in [0.717, 1.165) is 29.6 Å². The Morgan fingerprint density at radius 3 is 2.62 bits per heavy atom. The van der Waals surface area contributed by atoms with Gasteiger partial charge < -0.3 is 19.4 Å². The summed E-state index contributed by atoms with van der Waals surface area (Å²) in [5, 5.41) is 2.90. The number of methoxy groups -OCH3 is 2. The van der Waals surface area contributed by atoms with Gasteiger partial charge in [-0.1, -0.05) is 6.07 Å². The molecule has 0 aliphatic heterocycles. The quantitative estimate of drug-likeness (QED) is 0.738. The van der Waals surface area contributed by atoms with Crippen LogP contribution >= 0.6 is 0 Å². The molecule has 26 heavy (non-hydrogen) atoms. The minimum Gasteiger partial charge on any atom is -0.496 e. The molecular formula is C19H20N4O3. The summed E-state index contributed by atoms with van der Waals surface area (Å²) in [4.78, 5) is 21.4.